The monoisotopic (exact) mass is 282 g/mol. The van der Waals surface area contributed by atoms with Crippen LogP contribution in [0.3, 0.4) is 0 Å². The molecule has 0 spiro atoms. The van der Waals surface area contributed by atoms with Crippen molar-refractivity contribution in [1.29, 1.82) is 0 Å². The van der Waals surface area contributed by atoms with Gasteiger partial charge >= 0.3 is 0 Å². The number of carbonyl (C=O) groups is 1. The normalized spacial score (nSPS) is 24.9. The fourth-order valence-electron chi connectivity index (χ4n) is 3.28. The highest BCUT2D eigenvalue weighted by atomic mass is 16.3. The zero-order valence-electron chi connectivity index (χ0n) is 13.1. The summed E-state index contributed by atoms with van der Waals surface area (Å²) in [6, 6.07) is 0. The molecule has 4 nitrogen and oxygen atoms in total. The van der Waals surface area contributed by atoms with Crippen molar-refractivity contribution in [2.75, 3.05) is 32.7 Å². The largest absolute Gasteiger partial charge is 0.392 e. The predicted octanol–water partition coefficient (Wildman–Crippen LogP) is 1.73. The Morgan fingerprint density at radius 3 is 2.30 bits per heavy atom. The van der Waals surface area contributed by atoms with Crippen LogP contribution in [0.25, 0.3) is 0 Å². The van der Waals surface area contributed by atoms with Crippen LogP contribution in [0.5, 0.6) is 0 Å². The summed E-state index contributed by atoms with van der Waals surface area (Å²) >= 11 is 0. The predicted molar refractivity (Wildman–Crippen MR) is 80.4 cm³/mol. The van der Waals surface area contributed by atoms with Crippen LogP contribution < -0.4 is 0 Å². The van der Waals surface area contributed by atoms with Gasteiger partial charge in [0.2, 0.25) is 5.91 Å². The summed E-state index contributed by atoms with van der Waals surface area (Å²) in [5.74, 6) is 1.38. The average molecular weight is 282 g/mol. The SMILES string of the molecule is CC[C@@H](O)CN1CCC(C(=O)N2CCC(C)CC2)CC1. The Morgan fingerprint density at radius 2 is 1.75 bits per heavy atom. The van der Waals surface area contributed by atoms with E-state index < -0.39 is 0 Å². The molecular weight excluding hydrogens is 252 g/mol. The van der Waals surface area contributed by atoms with Crippen LogP contribution in [-0.4, -0.2) is 59.6 Å². The minimum absolute atomic E-state index is 0.217. The number of amides is 1. The van der Waals surface area contributed by atoms with Gasteiger partial charge in [0.25, 0.3) is 0 Å². The second kappa shape index (κ2) is 7.41. The van der Waals surface area contributed by atoms with Gasteiger partial charge in [-0.25, -0.2) is 0 Å². The van der Waals surface area contributed by atoms with Crippen molar-refractivity contribution in [3.63, 3.8) is 0 Å². The van der Waals surface area contributed by atoms with Crippen molar-refractivity contribution in [1.82, 2.24) is 9.80 Å². The van der Waals surface area contributed by atoms with Crippen LogP contribution >= 0.6 is 0 Å². The van der Waals surface area contributed by atoms with Gasteiger partial charge in [-0.3, -0.25) is 4.79 Å². The van der Waals surface area contributed by atoms with Gasteiger partial charge in [0.15, 0.2) is 0 Å². The van der Waals surface area contributed by atoms with E-state index in [1.807, 2.05) is 6.92 Å². The number of aliphatic hydroxyl groups excluding tert-OH is 1. The Balaban J connectivity index is 1.74. The number of rotatable bonds is 4. The zero-order valence-corrected chi connectivity index (χ0v) is 13.1. The quantitative estimate of drug-likeness (QED) is 0.854. The number of hydrogen-bond acceptors (Lipinski definition) is 3. The second-order valence-corrected chi connectivity index (χ2v) is 6.64. The van der Waals surface area contributed by atoms with Crippen LogP contribution in [0.1, 0.15) is 46.0 Å². The third-order valence-electron chi connectivity index (χ3n) is 4.97. The highest BCUT2D eigenvalue weighted by molar-refractivity contribution is 5.79. The Labute approximate surface area is 123 Å². The topological polar surface area (TPSA) is 43.8 Å². The van der Waals surface area contributed by atoms with Gasteiger partial charge in [-0.2, -0.15) is 0 Å². The molecule has 0 saturated carbocycles. The highest BCUT2D eigenvalue weighted by Gasteiger charge is 2.30. The van der Waals surface area contributed by atoms with Crippen molar-refractivity contribution in [2.24, 2.45) is 11.8 Å². The third kappa shape index (κ3) is 4.19. The first-order valence-electron chi connectivity index (χ1n) is 8.29. The molecule has 0 bridgehead atoms. The molecule has 2 saturated heterocycles. The second-order valence-electron chi connectivity index (χ2n) is 6.64. The van der Waals surface area contributed by atoms with E-state index in [-0.39, 0.29) is 12.0 Å². The van der Waals surface area contributed by atoms with E-state index in [9.17, 15) is 9.90 Å². The fourth-order valence-corrected chi connectivity index (χ4v) is 3.28. The van der Waals surface area contributed by atoms with E-state index in [2.05, 4.69) is 16.7 Å². The Hall–Kier alpha value is -0.610. The smallest absolute Gasteiger partial charge is 0.225 e. The minimum Gasteiger partial charge on any atom is -0.392 e. The van der Waals surface area contributed by atoms with Crippen molar-refractivity contribution in [3.8, 4) is 0 Å². The molecule has 20 heavy (non-hydrogen) atoms. The Kier molecular flexibility index (Phi) is 5.85. The molecule has 116 valence electrons. The summed E-state index contributed by atoms with van der Waals surface area (Å²) < 4.78 is 0. The first kappa shape index (κ1) is 15.8. The van der Waals surface area contributed by atoms with E-state index >= 15 is 0 Å². The first-order valence-corrected chi connectivity index (χ1v) is 8.29. The van der Waals surface area contributed by atoms with Gasteiger partial charge in [0, 0.05) is 25.6 Å². The van der Waals surface area contributed by atoms with Gasteiger partial charge in [0.1, 0.15) is 0 Å². The number of hydrogen-bond donors (Lipinski definition) is 1. The summed E-state index contributed by atoms with van der Waals surface area (Å²) in [6.07, 6.45) is 4.83. The minimum atomic E-state index is -0.217. The Bertz CT molecular complexity index is 306. The van der Waals surface area contributed by atoms with Crippen molar-refractivity contribution in [3.05, 3.63) is 0 Å². The molecule has 0 unspecified atom stereocenters. The summed E-state index contributed by atoms with van der Waals surface area (Å²) in [4.78, 5) is 16.9. The fraction of sp³-hybridized carbons (Fsp3) is 0.938. The summed E-state index contributed by atoms with van der Waals surface area (Å²) in [5, 5.41) is 9.70. The first-order chi connectivity index (χ1) is 9.60. The molecule has 0 radical (unpaired) electrons. The van der Waals surface area contributed by atoms with Gasteiger partial charge in [-0.1, -0.05) is 13.8 Å². The molecule has 2 rings (SSSR count). The molecule has 1 amide bonds. The number of piperidine rings is 2. The van der Waals surface area contributed by atoms with Crippen LogP contribution in [0, 0.1) is 11.8 Å². The van der Waals surface area contributed by atoms with Crippen LogP contribution in [0.4, 0.5) is 0 Å². The van der Waals surface area contributed by atoms with Crippen LogP contribution in [0.2, 0.25) is 0 Å². The van der Waals surface area contributed by atoms with E-state index in [0.717, 1.165) is 70.7 Å². The number of β-amino-alcohol motifs (C(OH)–C–C–N with tert-alkyl or cyclic N) is 1. The molecule has 1 atom stereocenters. The maximum atomic E-state index is 12.5. The molecule has 0 aliphatic carbocycles. The van der Waals surface area contributed by atoms with E-state index in [1.54, 1.807) is 0 Å². The van der Waals surface area contributed by atoms with Gasteiger partial charge in [-0.05, 0) is 51.1 Å². The lowest BCUT2D eigenvalue weighted by atomic mass is 9.92. The molecular formula is C16H30N2O2. The Morgan fingerprint density at radius 1 is 1.15 bits per heavy atom. The average Bonchev–Trinajstić information content (AvgIpc) is 2.48. The third-order valence-corrected chi connectivity index (χ3v) is 4.97. The molecule has 4 heteroatoms. The van der Waals surface area contributed by atoms with Gasteiger partial charge in [0.05, 0.1) is 6.10 Å². The van der Waals surface area contributed by atoms with Crippen molar-refractivity contribution >= 4 is 5.91 Å². The molecule has 2 aliphatic rings. The zero-order chi connectivity index (χ0) is 14.5. The molecule has 2 fully saturated rings. The maximum absolute atomic E-state index is 12.5. The lowest BCUT2D eigenvalue weighted by Crippen LogP contribution is -2.46. The van der Waals surface area contributed by atoms with Crippen LogP contribution in [0.15, 0.2) is 0 Å². The lowest BCUT2D eigenvalue weighted by molar-refractivity contribution is -0.138. The molecule has 0 aromatic heterocycles. The molecule has 2 aliphatic heterocycles. The molecule has 0 aromatic carbocycles. The summed E-state index contributed by atoms with van der Waals surface area (Å²) in [7, 11) is 0. The number of aliphatic hydroxyl groups is 1. The standard InChI is InChI=1S/C16H30N2O2/c1-3-15(19)12-17-8-6-14(7-9-17)16(20)18-10-4-13(2)5-11-18/h13-15,19H,3-12H2,1-2H3/t15-/m1/s1. The maximum Gasteiger partial charge on any atom is 0.225 e. The number of carbonyl (C=O) groups excluding carboxylic acids is 1. The van der Waals surface area contributed by atoms with Gasteiger partial charge < -0.3 is 14.9 Å². The lowest BCUT2D eigenvalue weighted by Gasteiger charge is -2.37. The number of nitrogens with zero attached hydrogens (tertiary/aromatic N) is 2. The summed E-state index contributed by atoms with van der Waals surface area (Å²) in [6.45, 7) is 8.87. The number of likely N-dealkylation sites (tertiary alicyclic amines) is 2. The van der Waals surface area contributed by atoms with E-state index in [4.69, 9.17) is 0 Å². The summed E-state index contributed by atoms with van der Waals surface area (Å²) in [5.41, 5.74) is 0. The molecule has 0 aromatic rings. The molecule has 1 N–H and O–H groups in total. The van der Waals surface area contributed by atoms with E-state index in [0.29, 0.717) is 5.91 Å². The molecule has 2 heterocycles. The van der Waals surface area contributed by atoms with Gasteiger partial charge in [-0.15, -0.1) is 0 Å². The van der Waals surface area contributed by atoms with E-state index in [1.165, 1.54) is 0 Å². The van der Waals surface area contributed by atoms with Crippen molar-refractivity contribution in [2.45, 2.75) is 52.1 Å². The van der Waals surface area contributed by atoms with Crippen LogP contribution in [-0.2, 0) is 4.79 Å². The van der Waals surface area contributed by atoms with Crippen molar-refractivity contribution < 1.29 is 9.90 Å². The highest BCUT2D eigenvalue weighted by Crippen LogP contribution is 2.23.